The molecule has 4 rings (SSSR count). The molecule has 1 aliphatic rings. The minimum Gasteiger partial charge on any atom is -0.324 e. The topological polar surface area (TPSA) is 31.7 Å². The van der Waals surface area contributed by atoms with Gasteiger partial charge in [-0.1, -0.05) is 42.5 Å². The molecule has 0 fully saturated rings. The average molecular weight is 371 g/mol. The fourth-order valence-electron chi connectivity index (χ4n) is 3.70. The Morgan fingerprint density at radius 2 is 1.64 bits per heavy atom. The van der Waals surface area contributed by atoms with Crippen molar-refractivity contribution in [1.29, 1.82) is 0 Å². The molecule has 0 aliphatic carbocycles. The molecule has 0 atom stereocenters. The molecule has 0 unspecified atom stereocenters. The summed E-state index contributed by atoms with van der Waals surface area (Å²) < 4.78 is 0. The Kier molecular flexibility index (Phi) is 5.22. The first-order valence-corrected chi connectivity index (χ1v) is 9.76. The zero-order valence-electron chi connectivity index (χ0n) is 16.8. The highest BCUT2D eigenvalue weighted by molar-refractivity contribution is 6.19. The summed E-state index contributed by atoms with van der Waals surface area (Å²) >= 11 is 0. The molecule has 28 heavy (non-hydrogen) atoms. The Hall–Kier alpha value is -2.98. The molecule has 0 saturated carbocycles. The van der Waals surface area contributed by atoms with Crippen molar-refractivity contribution in [2.75, 3.05) is 32.1 Å². The van der Waals surface area contributed by atoms with Crippen molar-refractivity contribution in [1.82, 2.24) is 9.88 Å². The molecule has 4 nitrogen and oxygen atoms in total. The lowest BCUT2D eigenvalue weighted by molar-refractivity contribution is 0.402. The van der Waals surface area contributed by atoms with Crippen LogP contribution in [0, 0.1) is 6.92 Å². The largest absolute Gasteiger partial charge is 0.324 e. The van der Waals surface area contributed by atoms with Gasteiger partial charge in [0.1, 0.15) is 5.69 Å². The van der Waals surface area contributed by atoms with Crippen molar-refractivity contribution in [3.63, 3.8) is 0 Å². The molecule has 0 spiro atoms. The lowest BCUT2D eigenvalue weighted by Crippen LogP contribution is -2.24. The van der Waals surface area contributed by atoms with Crippen LogP contribution in [0.2, 0.25) is 0 Å². The Balaban J connectivity index is 1.88. The van der Waals surface area contributed by atoms with Gasteiger partial charge in [-0.15, -0.1) is 0 Å². The van der Waals surface area contributed by atoms with Crippen LogP contribution >= 0.6 is 0 Å². The number of fused-ring (bicyclic) bond motifs is 2. The molecular formula is C24H26N4. The van der Waals surface area contributed by atoms with Crippen LogP contribution in [0.25, 0.3) is 0 Å². The molecule has 4 heteroatoms. The normalized spacial score (nSPS) is 13.0. The summed E-state index contributed by atoms with van der Waals surface area (Å²) in [5.41, 5.74) is 6.64. The molecule has 142 valence electrons. The Labute approximate surface area is 167 Å². The van der Waals surface area contributed by atoms with E-state index in [1.165, 1.54) is 16.8 Å². The molecule has 0 radical (unpaired) electrons. The number of aliphatic imine (C=N–C) groups is 1. The maximum atomic E-state index is 5.11. The highest BCUT2D eigenvalue weighted by atomic mass is 15.2. The zero-order chi connectivity index (χ0) is 19.5. The summed E-state index contributed by atoms with van der Waals surface area (Å²) in [5, 5.41) is 0. The third-order valence-corrected chi connectivity index (χ3v) is 5.09. The second kappa shape index (κ2) is 7.95. The second-order valence-electron chi connectivity index (χ2n) is 7.45. The Morgan fingerprint density at radius 3 is 2.43 bits per heavy atom. The predicted octanol–water partition coefficient (Wildman–Crippen LogP) is 4.96. The minimum absolute atomic E-state index is 0.899. The van der Waals surface area contributed by atoms with Gasteiger partial charge < -0.3 is 9.80 Å². The third kappa shape index (κ3) is 3.56. The SMILES string of the molecule is Cc1ccccc1C1=Nc2cccnc2N(CCCN(C)C)c2ccccc21. The van der Waals surface area contributed by atoms with E-state index in [2.05, 4.69) is 85.4 Å². The van der Waals surface area contributed by atoms with Crippen LogP contribution in [0.5, 0.6) is 0 Å². The summed E-state index contributed by atoms with van der Waals surface area (Å²) in [6.07, 6.45) is 2.91. The molecule has 0 bridgehead atoms. The van der Waals surface area contributed by atoms with E-state index < -0.39 is 0 Å². The first-order valence-electron chi connectivity index (χ1n) is 9.76. The molecule has 0 N–H and O–H groups in total. The van der Waals surface area contributed by atoms with Crippen molar-refractivity contribution in [3.8, 4) is 0 Å². The quantitative estimate of drug-likeness (QED) is 0.636. The highest BCUT2D eigenvalue weighted by Crippen LogP contribution is 2.39. The molecule has 3 aromatic rings. The average Bonchev–Trinajstić information content (AvgIpc) is 2.84. The fourth-order valence-corrected chi connectivity index (χ4v) is 3.70. The number of para-hydroxylation sites is 1. The van der Waals surface area contributed by atoms with Crippen molar-refractivity contribution in [3.05, 3.63) is 83.6 Å². The van der Waals surface area contributed by atoms with Gasteiger partial charge in [-0.05, 0) is 57.7 Å². The van der Waals surface area contributed by atoms with Crippen LogP contribution in [-0.2, 0) is 0 Å². The monoisotopic (exact) mass is 370 g/mol. The Morgan fingerprint density at radius 1 is 0.893 bits per heavy atom. The van der Waals surface area contributed by atoms with Gasteiger partial charge in [-0.2, -0.15) is 0 Å². The number of pyridine rings is 1. The van der Waals surface area contributed by atoms with E-state index in [1.807, 2.05) is 12.3 Å². The molecule has 0 saturated heterocycles. The highest BCUT2D eigenvalue weighted by Gasteiger charge is 2.24. The van der Waals surface area contributed by atoms with Gasteiger partial charge in [0.2, 0.25) is 0 Å². The molecular weight excluding hydrogens is 344 g/mol. The maximum absolute atomic E-state index is 5.11. The van der Waals surface area contributed by atoms with Crippen LogP contribution in [-0.4, -0.2) is 42.8 Å². The number of anilines is 2. The summed E-state index contributed by atoms with van der Waals surface area (Å²) in [5.74, 6) is 0.928. The number of nitrogens with zero attached hydrogens (tertiary/aromatic N) is 4. The van der Waals surface area contributed by atoms with Crippen molar-refractivity contribution in [2.24, 2.45) is 4.99 Å². The number of hydrogen-bond donors (Lipinski definition) is 0. The molecule has 2 aromatic carbocycles. The van der Waals surface area contributed by atoms with E-state index in [9.17, 15) is 0 Å². The second-order valence-corrected chi connectivity index (χ2v) is 7.45. The summed E-state index contributed by atoms with van der Waals surface area (Å²) in [7, 11) is 4.23. The van der Waals surface area contributed by atoms with Crippen molar-refractivity contribution < 1.29 is 0 Å². The first kappa shape index (κ1) is 18.4. The minimum atomic E-state index is 0.899. The van der Waals surface area contributed by atoms with Gasteiger partial charge in [-0.3, -0.25) is 0 Å². The van der Waals surface area contributed by atoms with Gasteiger partial charge in [0.15, 0.2) is 5.82 Å². The van der Waals surface area contributed by atoms with Gasteiger partial charge in [0.05, 0.1) is 11.4 Å². The van der Waals surface area contributed by atoms with Crippen molar-refractivity contribution >= 4 is 22.9 Å². The molecule has 1 aliphatic heterocycles. The van der Waals surface area contributed by atoms with E-state index in [4.69, 9.17) is 9.98 Å². The van der Waals surface area contributed by atoms with E-state index in [0.29, 0.717) is 0 Å². The van der Waals surface area contributed by atoms with Gasteiger partial charge >= 0.3 is 0 Å². The maximum Gasteiger partial charge on any atom is 0.159 e. The van der Waals surface area contributed by atoms with Crippen LogP contribution in [0.3, 0.4) is 0 Å². The van der Waals surface area contributed by atoms with E-state index in [0.717, 1.165) is 42.3 Å². The predicted molar refractivity (Wildman–Crippen MR) is 117 cm³/mol. The summed E-state index contributed by atoms with van der Waals surface area (Å²) in [6.45, 7) is 4.08. The number of aryl methyl sites for hydroxylation is 1. The standard InChI is InChI=1S/C24H26N4/c1-18-10-4-5-11-19(18)23-20-12-6-7-14-22(20)28(17-9-16-27(2)3)24-21(26-23)13-8-15-25-24/h4-8,10-15H,9,16-17H2,1-3H3. The summed E-state index contributed by atoms with van der Waals surface area (Å²) in [4.78, 5) is 14.4. The van der Waals surface area contributed by atoms with Gasteiger partial charge in [0.25, 0.3) is 0 Å². The van der Waals surface area contributed by atoms with Crippen LogP contribution in [0.1, 0.15) is 23.1 Å². The van der Waals surface area contributed by atoms with E-state index in [-0.39, 0.29) is 0 Å². The van der Waals surface area contributed by atoms with Crippen LogP contribution < -0.4 is 4.90 Å². The van der Waals surface area contributed by atoms with Crippen LogP contribution in [0.15, 0.2) is 71.9 Å². The van der Waals surface area contributed by atoms with Crippen molar-refractivity contribution in [2.45, 2.75) is 13.3 Å². The molecule has 0 amide bonds. The molecule has 2 heterocycles. The molecule has 1 aromatic heterocycles. The lowest BCUT2D eigenvalue weighted by Gasteiger charge is -2.26. The lowest BCUT2D eigenvalue weighted by atomic mass is 9.96. The van der Waals surface area contributed by atoms with E-state index >= 15 is 0 Å². The number of benzene rings is 2. The van der Waals surface area contributed by atoms with Gasteiger partial charge in [-0.25, -0.2) is 9.98 Å². The fraction of sp³-hybridized carbons (Fsp3) is 0.250. The first-order chi connectivity index (χ1) is 13.6. The smallest absolute Gasteiger partial charge is 0.159 e. The Bertz CT molecular complexity index is 1010. The number of rotatable bonds is 5. The third-order valence-electron chi connectivity index (χ3n) is 5.09. The van der Waals surface area contributed by atoms with Gasteiger partial charge in [0, 0.05) is 23.9 Å². The van der Waals surface area contributed by atoms with Crippen LogP contribution in [0.4, 0.5) is 17.2 Å². The zero-order valence-corrected chi connectivity index (χ0v) is 16.8. The summed E-state index contributed by atoms with van der Waals surface area (Å²) in [6, 6.07) is 21.0. The number of hydrogen-bond acceptors (Lipinski definition) is 4. The number of aromatic nitrogens is 1. The van der Waals surface area contributed by atoms with E-state index in [1.54, 1.807) is 0 Å².